The van der Waals surface area contributed by atoms with Gasteiger partial charge in [0.2, 0.25) is 10.4 Å². The van der Waals surface area contributed by atoms with Crippen LogP contribution in [-0.4, -0.2) is 62.0 Å². The fraction of sp³-hybridized carbons (Fsp3) is 1.00. The fourth-order valence-corrected chi connectivity index (χ4v) is 2.78. The molecule has 0 aromatic heterocycles. The summed E-state index contributed by atoms with van der Waals surface area (Å²) in [6.07, 6.45) is -3.25. The Morgan fingerprint density at radius 3 is 2.37 bits per heavy atom. The summed E-state index contributed by atoms with van der Waals surface area (Å²) in [5.41, 5.74) is 0. The van der Waals surface area contributed by atoms with E-state index in [0.29, 0.717) is 0 Å². The molecule has 0 aromatic rings. The van der Waals surface area contributed by atoms with Crippen molar-refractivity contribution in [1.82, 2.24) is 4.72 Å². The molecular weight excluding hydrogens is 306 g/mol. The monoisotopic (exact) mass is 319 g/mol. The SMILES string of the molecule is CC1OC(COS(=O)(=O)[O-])CC(O)C1NS(=O)(=O)[O-]. The second kappa shape index (κ2) is 5.97. The zero-order chi connectivity index (χ0) is 14.8. The van der Waals surface area contributed by atoms with E-state index < -0.39 is 51.7 Å². The average molecular weight is 319 g/mol. The van der Waals surface area contributed by atoms with Gasteiger partial charge in [-0.1, -0.05) is 0 Å². The molecule has 12 heteroatoms. The van der Waals surface area contributed by atoms with Crippen LogP contribution in [0.25, 0.3) is 0 Å². The van der Waals surface area contributed by atoms with E-state index in [1.807, 2.05) is 0 Å². The maximum absolute atomic E-state index is 10.6. The van der Waals surface area contributed by atoms with Crippen LogP contribution in [0.4, 0.5) is 0 Å². The van der Waals surface area contributed by atoms with Crippen LogP contribution < -0.4 is 4.72 Å². The summed E-state index contributed by atoms with van der Waals surface area (Å²) < 4.78 is 73.2. The summed E-state index contributed by atoms with van der Waals surface area (Å²) in [7, 11) is -9.63. The molecule has 0 amide bonds. The van der Waals surface area contributed by atoms with Gasteiger partial charge >= 0.3 is 0 Å². The first kappa shape index (κ1) is 16.7. The molecule has 2 N–H and O–H groups in total. The van der Waals surface area contributed by atoms with Gasteiger partial charge in [0.15, 0.2) is 10.3 Å². The van der Waals surface area contributed by atoms with Crippen molar-refractivity contribution in [3.8, 4) is 0 Å². The molecule has 0 radical (unpaired) electrons. The number of rotatable bonds is 5. The summed E-state index contributed by atoms with van der Waals surface area (Å²) in [5.74, 6) is 0. The molecule has 1 aliphatic heterocycles. The van der Waals surface area contributed by atoms with Gasteiger partial charge < -0.3 is 18.9 Å². The Balaban J connectivity index is 2.61. The van der Waals surface area contributed by atoms with Gasteiger partial charge in [0.05, 0.1) is 31.0 Å². The molecule has 19 heavy (non-hydrogen) atoms. The second-order valence-electron chi connectivity index (χ2n) is 4.06. The maximum Gasteiger partial charge on any atom is 0.217 e. The van der Waals surface area contributed by atoms with Crippen molar-refractivity contribution in [2.45, 2.75) is 37.7 Å². The van der Waals surface area contributed by atoms with Crippen LogP contribution in [0.3, 0.4) is 0 Å². The quantitative estimate of drug-likeness (QED) is 0.408. The molecule has 1 saturated heterocycles. The van der Waals surface area contributed by atoms with Crippen LogP contribution in [0.2, 0.25) is 0 Å². The van der Waals surface area contributed by atoms with Crippen molar-refractivity contribution in [2.75, 3.05) is 6.61 Å². The van der Waals surface area contributed by atoms with Crippen molar-refractivity contribution < 1.29 is 40.0 Å². The van der Waals surface area contributed by atoms with Gasteiger partial charge in [0.1, 0.15) is 0 Å². The minimum absolute atomic E-state index is 0.187. The van der Waals surface area contributed by atoms with Crippen LogP contribution in [0, 0.1) is 0 Å². The van der Waals surface area contributed by atoms with E-state index in [4.69, 9.17) is 4.74 Å². The highest BCUT2D eigenvalue weighted by Crippen LogP contribution is 2.21. The number of aliphatic hydroxyl groups is 1. The van der Waals surface area contributed by atoms with Crippen molar-refractivity contribution in [3.05, 3.63) is 0 Å². The Bertz CT molecular complexity index is 489. The Morgan fingerprint density at radius 2 is 1.95 bits per heavy atom. The molecule has 4 atom stereocenters. The Hall–Kier alpha value is -0.340. The second-order valence-corrected chi connectivity index (χ2v) is 6.25. The Labute approximate surface area is 110 Å². The van der Waals surface area contributed by atoms with Gasteiger partial charge in [-0.15, -0.1) is 0 Å². The standard InChI is InChI=1S/C7H15NO9S2/c1-4-7(8-18(10,11)12)6(9)2-5(17-4)3-16-19(13,14)15/h4-9H,2-3H2,1H3,(H,10,11,12)(H,13,14,15)/p-2. The molecule has 1 fully saturated rings. The molecule has 4 unspecified atom stereocenters. The smallest absolute Gasteiger partial charge is 0.217 e. The molecule has 0 bridgehead atoms. The molecule has 0 saturated carbocycles. The molecular formula is C7H13NO9S2-2. The number of aliphatic hydroxyl groups excluding tert-OH is 1. The van der Waals surface area contributed by atoms with E-state index in [1.165, 1.54) is 6.92 Å². The van der Waals surface area contributed by atoms with Crippen LogP contribution >= 0.6 is 0 Å². The first-order valence-electron chi connectivity index (χ1n) is 5.15. The lowest BCUT2D eigenvalue weighted by molar-refractivity contribution is -0.117. The fourth-order valence-electron chi connectivity index (χ4n) is 1.78. The van der Waals surface area contributed by atoms with Gasteiger partial charge in [0, 0.05) is 6.42 Å². The average Bonchev–Trinajstić information content (AvgIpc) is 2.18. The van der Waals surface area contributed by atoms with E-state index in [-0.39, 0.29) is 6.42 Å². The molecule has 0 aliphatic carbocycles. The van der Waals surface area contributed by atoms with E-state index >= 15 is 0 Å². The number of hydrogen-bond donors (Lipinski definition) is 2. The van der Waals surface area contributed by atoms with Gasteiger partial charge in [-0.05, 0) is 6.92 Å². The molecule has 0 aromatic carbocycles. The third-order valence-electron chi connectivity index (χ3n) is 2.51. The lowest BCUT2D eigenvalue weighted by atomic mass is 9.97. The zero-order valence-corrected chi connectivity index (χ0v) is 11.4. The number of ether oxygens (including phenoxy) is 1. The molecule has 0 spiro atoms. The topological polar surface area (TPSA) is 165 Å². The van der Waals surface area contributed by atoms with Crippen molar-refractivity contribution >= 4 is 20.7 Å². The van der Waals surface area contributed by atoms with Gasteiger partial charge in [0.25, 0.3) is 0 Å². The van der Waals surface area contributed by atoms with E-state index in [9.17, 15) is 31.0 Å². The summed E-state index contributed by atoms with van der Waals surface area (Å²) in [5, 5.41) is 9.67. The molecule has 1 aliphatic rings. The first-order chi connectivity index (χ1) is 8.48. The van der Waals surface area contributed by atoms with Crippen LogP contribution in [0.1, 0.15) is 13.3 Å². The zero-order valence-electron chi connectivity index (χ0n) is 9.75. The lowest BCUT2D eigenvalue weighted by Gasteiger charge is -2.38. The molecule has 114 valence electrons. The highest BCUT2D eigenvalue weighted by Gasteiger charge is 2.36. The normalized spacial score (nSPS) is 33.3. The van der Waals surface area contributed by atoms with E-state index in [1.54, 1.807) is 4.72 Å². The summed E-state index contributed by atoms with van der Waals surface area (Å²) in [6, 6.07) is -1.15. The third kappa shape index (κ3) is 6.09. The largest absolute Gasteiger partial charge is 0.735 e. The van der Waals surface area contributed by atoms with Crippen molar-refractivity contribution in [1.29, 1.82) is 0 Å². The van der Waals surface area contributed by atoms with Crippen molar-refractivity contribution in [3.63, 3.8) is 0 Å². The summed E-state index contributed by atoms with van der Waals surface area (Å²) in [6.45, 7) is 0.786. The Kier molecular flexibility index (Phi) is 5.25. The Morgan fingerprint density at radius 1 is 1.37 bits per heavy atom. The minimum atomic E-state index is -4.87. The van der Waals surface area contributed by atoms with Gasteiger partial charge in [-0.25, -0.2) is 21.6 Å². The summed E-state index contributed by atoms with van der Waals surface area (Å²) >= 11 is 0. The first-order valence-corrected chi connectivity index (χ1v) is 7.89. The lowest BCUT2D eigenvalue weighted by Crippen LogP contribution is -2.56. The summed E-state index contributed by atoms with van der Waals surface area (Å²) in [4.78, 5) is 0. The van der Waals surface area contributed by atoms with Crippen LogP contribution in [-0.2, 0) is 29.6 Å². The third-order valence-corrected chi connectivity index (χ3v) is 3.50. The van der Waals surface area contributed by atoms with Gasteiger partial charge in [-0.3, -0.25) is 4.18 Å². The number of hydrogen-bond acceptors (Lipinski definition) is 9. The van der Waals surface area contributed by atoms with E-state index in [0.717, 1.165) is 0 Å². The minimum Gasteiger partial charge on any atom is -0.735 e. The molecule has 1 heterocycles. The van der Waals surface area contributed by atoms with E-state index in [2.05, 4.69) is 4.18 Å². The van der Waals surface area contributed by atoms with Crippen LogP contribution in [0.5, 0.6) is 0 Å². The predicted molar refractivity (Wildman–Crippen MR) is 57.2 cm³/mol. The molecule has 10 nitrogen and oxygen atoms in total. The van der Waals surface area contributed by atoms with Gasteiger partial charge in [-0.2, -0.15) is 0 Å². The predicted octanol–water partition coefficient (Wildman–Crippen LogP) is -2.58. The maximum atomic E-state index is 10.6. The van der Waals surface area contributed by atoms with Crippen LogP contribution in [0.15, 0.2) is 0 Å². The highest BCUT2D eigenvalue weighted by molar-refractivity contribution is 7.83. The molecule has 1 rings (SSSR count). The van der Waals surface area contributed by atoms with Crippen molar-refractivity contribution in [2.24, 2.45) is 0 Å². The highest BCUT2D eigenvalue weighted by atomic mass is 32.3. The number of nitrogens with one attached hydrogen (secondary N) is 1.